The molecule has 0 aliphatic heterocycles. The lowest BCUT2D eigenvalue weighted by Crippen LogP contribution is -2.21. The van der Waals surface area contributed by atoms with Gasteiger partial charge in [0, 0.05) is 24.7 Å². The Hall–Kier alpha value is -4.05. The average Bonchev–Trinajstić information content (AvgIpc) is 3.21. The summed E-state index contributed by atoms with van der Waals surface area (Å²) in [6, 6.07) is 20.2. The number of nitrogens with zero attached hydrogens (tertiary/aromatic N) is 5. The Kier molecular flexibility index (Phi) is 6.45. The summed E-state index contributed by atoms with van der Waals surface area (Å²) in [5.41, 5.74) is 4.75. The SMILES string of the molecule is C/C(=N\NC(=O)CSc1nnc(-c2cccc([N+](=O)[O-])c2)n1C)c1ccc2ccccc2c1. The Morgan fingerprint density at radius 3 is 2.67 bits per heavy atom. The molecule has 1 heterocycles. The van der Waals surface area contributed by atoms with Crippen LogP contribution in [0, 0.1) is 10.1 Å². The van der Waals surface area contributed by atoms with Gasteiger partial charge in [-0.05, 0) is 29.3 Å². The molecule has 0 radical (unpaired) electrons. The van der Waals surface area contributed by atoms with Gasteiger partial charge < -0.3 is 4.57 Å². The van der Waals surface area contributed by atoms with Gasteiger partial charge in [-0.15, -0.1) is 10.2 Å². The van der Waals surface area contributed by atoms with Crippen molar-refractivity contribution in [2.75, 3.05) is 5.75 Å². The van der Waals surface area contributed by atoms with E-state index < -0.39 is 4.92 Å². The van der Waals surface area contributed by atoms with Crippen molar-refractivity contribution < 1.29 is 9.72 Å². The highest BCUT2D eigenvalue weighted by Gasteiger charge is 2.15. The summed E-state index contributed by atoms with van der Waals surface area (Å²) in [6.45, 7) is 1.84. The molecule has 0 fully saturated rings. The third-order valence-corrected chi connectivity index (χ3v) is 6.02. The lowest BCUT2D eigenvalue weighted by atomic mass is 10.0. The topological polar surface area (TPSA) is 115 Å². The maximum absolute atomic E-state index is 12.3. The molecule has 9 nitrogen and oxygen atoms in total. The van der Waals surface area contributed by atoms with Crippen LogP contribution < -0.4 is 5.43 Å². The summed E-state index contributed by atoms with van der Waals surface area (Å²) in [5, 5.41) is 26.2. The zero-order valence-corrected chi connectivity index (χ0v) is 18.7. The van der Waals surface area contributed by atoms with Gasteiger partial charge in [0.2, 0.25) is 0 Å². The van der Waals surface area contributed by atoms with Crippen LogP contribution in [-0.4, -0.2) is 37.1 Å². The van der Waals surface area contributed by atoms with Crippen molar-refractivity contribution >= 4 is 39.8 Å². The van der Waals surface area contributed by atoms with E-state index in [9.17, 15) is 14.9 Å². The molecule has 0 atom stereocenters. The normalized spacial score (nSPS) is 11.5. The lowest BCUT2D eigenvalue weighted by molar-refractivity contribution is -0.384. The molecule has 1 aromatic heterocycles. The first-order chi connectivity index (χ1) is 15.9. The molecule has 1 amide bonds. The van der Waals surface area contributed by atoms with Gasteiger partial charge in [0.05, 0.1) is 16.4 Å². The Morgan fingerprint density at radius 2 is 1.88 bits per heavy atom. The van der Waals surface area contributed by atoms with Gasteiger partial charge in [-0.1, -0.05) is 60.3 Å². The van der Waals surface area contributed by atoms with Gasteiger partial charge in [0.25, 0.3) is 11.6 Å². The molecule has 4 aromatic rings. The summed E-state index contributed by atoms with van der Waals surface area (Å²) >= 11 is 1.20. The number of benzene rings is 3. The van der Waals surface area contributed by atoms with E-state index in [2.05, 4.69) is 20.7 Å². The van der Waals surface area contributed by atoms with E-state index >= 15 is 0 Å². The van der Waals surface area contributed by atoms with Crippen molar-refractivity contribution in [3.05, 3.63) is 82.4 Å². The van der Waals surface area contributed by atoms with Crippen LogP contribution in [0.15, 0.2) is 77.0 Å². The lowest BCUT2D eigenvalue weighted by Gasteiger charge is -2.05. The van der Waals surface area contributed by atoms with Gasteiger partial charge in [0.15, 0.2) is 11.0 Å². The van der Waals surface area contributed by atoms with E-state index in [1.165, 1.54) is 23.9 Å². The molecule has 4 rings (SSSR count). The molecule has 0 saturated heterocycles. The number of nitrogens with one attached hydrogen (secondary N) is 1. The van der Waals surface area contributed by atoms with Gasteiger partial charge in [-0.3, -0.25) is 14.9 Å². The number of carbonyl (C=O) groups is 1. The number of hydrogen-bond donors (Lipinski definition) is 1. The van der Waals surface area contributed by atoms with E-state index in [0.717, 1.165) is 16.3 Å². The molecule has 166 valence electrons. The first-order valence-corrected chi connectivity index (χ1v) is 11.0. The number of aromatic nitrogens is 3. The first-order valence-electron chi connectivity index (χ1n) is 10.0. The fraction of sp³-hybridized carbons (Fsp3) is 0.130. The van der Waals surface area contributed by atoms with Crippen molar-refractivity contribution in [2.24, 2.45) is 12.1 Å². The summed E-state index contributed by atoms with van der Waals surface area (Å²) in [5.74, 6) is 0.293. The Bertz CT molecular complexity index is 1380. The number of amides is 1. The Labute approximate surface area is 193 Å². The monoisotopic (exact) mass is 460 g/mol. The second-order valence-corrected chi connectivity index (χ2v) is 8.20. The Balaban J connectivity index is 1.39. The average molecular weight is 461 g/mol. The molecule has 0 saturated carbocycles. The predicted molar refractivity (Wildman–Crippen MR) is 128 cm³/mol. The molecule has 0 bridgehead atoms. The van der Waals surface area contributed by atoms with Crippen LogP contribution in [0.25, 0.3) is 22.2 Å². The molecule has 0 spiro atoms. The molecule has 0 unspecified atom stereocenters. The summed E-state index contributed by atoms with van der Waals surface area (Å²) in [4.78, 5) is 22.9. The van der Waals surface area contributed by atoms with E-state index in [0.29, 0.717) is 22.3 Å². The molecule has 0 aliphatic carbocycles. The van der Waals surface area contributed by atoms with Crippen molar-refractivity contribution in [1.29, 1.82) is 0 Å². The number of hydrazone groups is 1. The fourth-order valence-electron chi connectivity index (χ4n) is 3.24. The second-order valence-electron chi connectivity index (χ2n) is 7.26. The number of carbonyl (C=O) groups excluding carboxylic acids is 1. The molecule has 33 heavy (non-hydrogen) atoms. The van der Waals surface area contributed by atoms with Crippen LogP contribution in [0.5, 0.6) is 0 Å². The molecule has 0 aliphatic rings. The fourth-order valence-corrected chi connectivity index (χ4v) is 3.94. The number of nitro benzene ring substituents is 1. The number of thioether (sulfide) groups is 1. The van der Waals surface area contributed by atoms with Gasteiger partial charge in [-0.25, -0.2) is 5.43 Å². The van der Waals surface area contributed by atoms with E-state index in [-0.39, 0.29) is 17.3 Å². The number of fused-ring (bicyclic) bond motifs is 1. The van der Waals surface area contributed by atoms with Gasteiger partial charge in [-0.2, -0.15) is 5.10 Å². The number of rotatable bonds is 7. The molecular formula is C23H20N6O3S. The van der Waals surface area contributed by atoms with E-state index in [1.54, 1.807) is 23.7 Å². The number of hydrogen-bond acceptors (Lipinski definition) is 7. The van der Waals surface area contributed by atoms with Crippen LogP contribution in [0.1, 0.15) is 12.5 Å². The smallest absolute Gasteiger partial charge is 0.270 e. The highest BCUT2D eigenvalue weighted by Crippen LogP contribution is 2.25. The van der Waals surface area contributed by atoms with Crippen LogP contribution in [-0.2, 0) is 11.8 Å². The quantitative estimate of drug-likeness (QED) is 0.191. The molecule has 10 heteroatoms. The maximum atomic E-state index is 12.3. The van der Waals surface area contributed by atoms with E-state index in [1.807, 2.05) is 49.4 Å². The van der Waals surface area contributed by atoms with Crippen molar-refractivity contribution in [1.82, 2.24) is 20.2 Å². The minimum atomic E-state index is -0.458. The standard InChI is InChI=1S/C23H20N6O3S/c1-15(17-11-10-16-6-3-4-7-18(16)12-17)24-25-21(30)14-33-23-27-26-22(28(23)2)19-8-5-9-20(13-19)29(31)32/h3-13H,14H2,1-2H3,(H,25,30)/b24-15+. The van der Waals surface area contributed by atoms with Crippen LogP contribution in [0.3, 0.4) is 0 Å². The first kappa shape index (κ1) is 22.2. The largest absolute Gasteiger partial charge is 0.305 e. The summed E-state index contributed by atoms with van der Waals surface area (Å²) in [7, 11) is 1.75. The van der Waals surface area contributed by atoms with Crippen LogP contribution in [0.4, 0.5) is 5.69 Å². The summed E-state index contributed by atoms with van der Waals surface area (Å²) < 4.78 is 1.70. The minimum absolute atomic E-state index is 0.0243. The Morgan fingerprint density at radius 1 is 1.09 bits per heavy atom. The summed E-state index contributed by atoms with van der Waals surface area (Å²) in [6.07, 6.45) is 0. The van der Waals surface area contributed by atoms with Crippen molar-refractivity contribution in [3.63, 3.8) is 0 Å². The highest BCUT2D eigenvalue weighted by molar-refractivity contribution is 7.99. The van der Waals surface area contributed by atoms with Crippen LogP contribution in [0.2, 0.25) is 0 Å². The molecule has 3 aromatic carbocycles. The van der Waals surface area contributed by atoms with Crippen molar-refractivity contribution in [3.8, 4) is 11.4 Å². The number of nitro groups is 1. The minimum Gasteiger partial charge on any atom is -0.305 e. The second kappa shape index (κ2) is 9.61. The van der Waals surface area contributed by atoms with Gasteiger partial charge >= 0.3 is 0 Å². The molecule has 1 N–H and O–H groups in total. The highest BCUT2D eigenvalue weighted by atomic mass is 32.2. The van der Waals surface area contributed by atoms with Gasteiger partial charge in [0.1, 0.15) is 0 Å². The maximum Gasteiger partial charge on any atom is 0.270 e. The predicted octanol–water partition coefficient (Wildman–Crippen LogP) is 4.18. The molecular weight excluding hydrogens is 440 g/mol. The van der Waals surface area contributed by atoms with E-state index in [4.69, 9.17) is 0 Å². The zero-order valence-electron chi connectivity index (χ0n) is 17.9. The van der Waals surface area contributed by atoms with Crippen molar-refractivity contribution in [2.45, 2.75) is 12.1 Å². The third-order valence-electron chi connectivity index (χ3n) is 5.00. The third kappa shape index (κ3) is 5.07. The number of non-ortho nitro benzene ring substituents is 1. The van der Waals surface area contributed by atoms with Crippen LogP contribution >= 0.6 is 11.8 Å². The zero-order chi connectivity index (χ0) is 23.4.